The van der Waals surface area contributed by atoms with Crippen molar-refractivity contribution in [3.8, 4) is 0 Å². The van der Waals surface area contributed by atoms with Gasteiger partial charge >= 0.3 is 0 Å². The van der Waals surface area contributed by atoms with Crippen molar-refractivity contribution in [2.45, 2.75) is 47.5 Å². The summed E-state index contributed by atoms with van der Waals surface area (Å²) in [6, 6.07) is 8.16. The molecule has 0 aliphatic heterocycles. The van der Waals surface area contributed by atoms with Crippen LogP contribution in [-0.2, 0) is 16.0 Å². The molecule has 0 N–H and O–H groups in total. The minimum Gasteiger partial charge on any atom is -0.346 e. The smallest absolute Gasteiger partial charge is 0.217 e. The van der Waals surface area contributed by atoms with E-state index in [1.165, 1.54) is 0 Å². The average Bonchev–Trinajstić information content (AvgIpc) is 2.85. The number of fused-ring (bicyclic) bond motifs is 1. The van der Waals surface area contributed by atoms with E-state index in [9.17, 15) is 0 Å². The van der Waals surface area contributed by atoms with Gasteiger partial charge in [-0.25, -0.2) is 4.98 Å². The van der Waals surface area contributed by atoms with Crippen LogP contribution in [0, 0.1) is 5.41 Å². The molecule has 1 aromatic carbocycles. The van der Waals surface area contributed by atoms with Gasteiger partial charge in [0.1, 0.15) is 0 Å². The highest BCUT2D eigenvalue weighted by Crippen LogP contribution is 2.25. The van der Waals surface area contributed by atoms with Crippen LogP contribution in [0.2, 0.25) is 0 Å². The number of para-hydroxylation sites is 2. The summed E-state index contributed by atoms with van der Waals surface area (Å²) in [6.45, 7) is 12.5. The maximum atomic E-state index is 5.76. The van der Waals surface area contributed by atoms with Crippen LogP contribution in [0.1, 0.15) is 46.7 Å². The summed E-state index contributed by atoms with van der Waals surface area (Å²) in [4.78, 5) is 4.74. The van der Waals surface area contributed by atoms with E-state index in [2.05, 4.69) is 43.6 Å². The summed E-state index contributed by atoms with van der Waals surface area (Å²) in [6.07, 6.45) is 3.98. The van der Waals surface area contributed by atoms with Crippen molar-refractivity contribution < 1.29 is 9.47 Å². The summed E-state index contributed by atoms with van der Waals surface area (Å²) in [7, 11) is 0. The summed E-state index contributed by atoms with van der Waals surface area (Å²) in [5.41, 5.74) is 2.23. The summed E-state index contributed by atoms with van der Waals surface area (Å²) in [5.74, 6) is 0.827. The third-order valence-electron chi connectivity index (χ3n) is 3.44. The van der Waals surface area contributed by atoms with E-state index in [1.54, 1.807) is 0 Å². The molecule has 0 saturated heterocycles. The van der Waals surface area contributed by atoms with E-state index in [1.807, 2.05) is 32.0 Å². The number of hydrogen-bond donors (Lipinski definition) is 0. The molecule has 1 aromatic heterocycles. The second-order valence-corrected chi connectivity index (χ2v) is 6.58. The normalized spacial score (nSPS) is 12.8. The zero-order valence-electron chi connectivity index (χ0n) is 14.9. The molecule has 0 fully saturated rings. The van der Waals surface area contributed by atoms with Gasteiger partial charge in [-0.2, -0.15) is 0 Å². The molecule has 4 heteroatoms. The van der Waals surface area contributed by atoms with Crippen LogP contribution < -0.4 is 0 Å². The van der Waals surface area contributed by atoms with E-state index in [-0.39, 0.29) is 5.41 Å². The first kappa shape index (κ1) is 17.7. The highest BCUT2D eigenvalue weighted by Gasteiger charge is 2.20. The number of ether oxygens (including phenoxy) is 2. The molecule has 0 saturated carbocycles. The van der Waals surface area contributed by atoms with Crippen LogP contribution in [-0.4, -0.2) is 22.8 Å². The number of allylic oxidation sites excluding steroid dienone is 2. The van der Waals surface area contributed by atoms with Gasteiger partial charge in [-0.05, 0) is 31.4 Å². The molecule has 0 unspecified atom stereocenters. The molecule has 23 heavy (non-hydrogen) atoms. The molecular weight excluding hydrogens is 288 g/mol. The first-order valence-electron chi connectivity index (χ1n) is 8.32. The van der Waals surface area contributed by atoms with Crippen LogP contribution in [0.15, 0.2) is 36.4 Å². The Bertz CT molecular complexity index is 647. The number of benzene rings is 1. The van der Waals surface area contributed by atoms with Gasteiger partial charge in [0.2, 0.25) is 6.29 Å². The van der Waals surface area contributed by atoms with Crippen LogP contribution in [0.25, 0.3) is 11.0 Å². The molecular formula is C19H28N2O2. The van der Waals surface area contributed by atoms with Crippen molar-refractivity contribution in [1.82, 2.24) is 9.55 Å². The van der Waals surface area contributed by atoms with E-state index in [0.717, 1.165) is 23.4 Å². The highest BCUT2D eigenvalue weighted by molar-refractivity contribution is 5.76. The Morgan fingerprint density at radius 2 is 1.78 bits per heavy atom. The van der Waals surface area contributed by atoms with Gasteiger partial charge in [-0.3, -0.25) is 0 Å². The molecule has 0 atom stereocenters. The lowest BCUT2D eigenvalue weighted by molar-refractivity contribution is -0.146. The number of imidazole rings is 1. The summed E-state index contributed by atoms with van der Waals surface area (Å²) < 4.78 is 13.7. The molecule has 0 aliphatic rings. The summed E-state index contributed by atoms with van der Waals surface area (Å²) >= 11 is 0. The first-order chi connectivity index (χ1) is 11.0. The number of hydrogen-bond acceptors (Lipinski definition) is 3. The molecule has 0 radical (unpaired) electrons. The van der Waals surface area contributed by atoms with Gasteiger partial charge in [0, 0.05) is 19.8 Å². The number of nitrogens with zero attached hydrogens (tertiary/aromatic N) is 2. The largest absolute Gasteiger partial charge is 0.346 e. The topological polar surface area (TPSA) is 36.3 Å². The molecule has 0 amide bonds. The minimum absolute atomic E-state index is 0.162. The van der Waals surface area contributed by atoms with Crippen molar-refractivity contribution in [2.75, 3.05) is 13.2 Å². The molecule has 0 aliphatic carbocycles. The Kier molecular flexibility index (Phi) is 5.97. The van der Waals surface area contributed by atoms with Gasteiger partial charge in [0.05, 0.1) is 11.0 Å². The fourth-order valence-electron chi connectivity index (χ4n) is 2.48. The van der Waals surface area contributed by atoms with Crippen molar-refractivity contribution in [3.05, 3.63) is 42.2 Å². The first-order valence-corrected chi connectivity index (χ1v) is 8.32. The molecule has 2 aromatic rings. The Morgan fingerprint density at radius 3 is 2.39 bits per heavy atom. The van der Waals surface area contributed by atoms with Gasteiger partial charge in [-0.1, -0.05) is 45.1 Å². The van der Waals surface area contributed by atoms with Gasteiger partial charge < -0.3 is 14.0 Å². The maximum Gasteiger partial charge on any atom is 0.217 e. The summed E-state index contributed by atoms with van der Waals surface area (Å²) in [5, 5.41) is 0. The molecule has 126 valence electrons. The molecule has 0 bridgehead atoms. The van der Waals surface area contributed by atoms with Crippen molar-refractivity contribution >= 4 is 11.0 Å². The monoisotopic (exact) mass is 316 g/mol. The number of aromatic nitrogens is 2. The van der Waals surface area contributed by atoms with Crippen molar-refractivity contribution in [3.63, 3.8) is 0 Å². The Balaban J connectivity index is 2.41. The maximum absolute atomic E-state index is 5.76. The number of rotatable bonds is 7. The molecule has 0 spiro atoms. The zero-order valence-corrected chi connectivity index (χ0v) is 14.9. The molecule has 1 heterocycles. The zero-order chi connectivity index (χ0) is 16.9. The average molecular weight is 316 g/mol. The second-order valence-electron chi connectivity index (χ2n) is 6.58. The minimum atomic E-state index is -0.430. The molecule has 2 rings (SSSR count). The Hall–Kier alpha value is -1.65. The Labute approximate surface area is 139 Å². The SMILES string of the molecule is CCOC(OCC)c1nc2ccccc2n1C/C=C/C(C)(C)C. The highest BCUT2D eigenvalue weighted by atomic mass is 16.7. The van der Waals surface area contributed by atoms with Gasteiger partial charge in [-0.15, -0.1) is 0 Å². The fourth-order valence-corrected chi connectivity index (χ4v) is 2.48. The van der Waals surface area contributed by atoms with Gasteiger partial charge in [0.25, 0.3) is 0 Å². The van der Waals surface area contributed by atoms with Crippen molar-refractivity contribution in [2.24, 2.45) is 5.41 Å². The molecule has 4 nitrogen and oxygen atoms in total. The third-order valence-corrected chi connectivity index (χ3v) is 3.44. The van der Waals surface area contributed by atoms with E-state index in [0.29, 0.717) is 13.2 Å². The van der Waals surface area contributed by atoms with Crippen LogP contribution in [0.3, 0.4) is 0 Å². The van der Waals surface area contributed by atoms with Crippen molar-refractivity contribution in [1.29, 1.82) is 0 Å². The third kappa shape index (κ3) is 4.66. The van der Waals surface area contributed by atoms with Gasteiger partial charge in [0.15, 0.2) is 5.82 Å². The van der Waals surface area contributed by atoms with Crippen LogP contribution in [0.5, 0.6) is 0 Å². The van der Waals surface area contributed by atoms with E-state index in [4.69, 9.17) is 14.5 Å². The predicted molar refractivity (Wildman–Crippen MR) is 94.3 cm³/mol. The lowest BCUT2D eigenvalue weighted by Crippen LogP contribution is -2.15. The van der Waals surface area contributed by atoms with E-state index < -0.39 is 6.29 Å². The fraction of sp³-hybridized carbons (Fsp3) is 0.526. The second kappa shape index (κ2) is 7.75. The van der Waals surface area contributed by atoms with E-state index >= 15 is 0 Å². The lowest BCUT2D eigenvalue weighted by atomic mass is 9.96. The van der Waals surface area contributed by atoms with Crippen LogP contribution in [0.4, 0.5) is 0 Å². The predicted octanol–water partition coefficient (Wildman–Crippen LogP) is 4.71. The quantitative estimate of drug-likeness (QED) is 0.548. The van der Waals surface area contributed by atoms with Crippen LogP contribution >= 0.6 is 0 Å². The lowest BCUT2D eigenvalue weighted by Gasteiger charge is -2.18. The standard InChI is InChI=1S/C19H28N2O2/c1-6-22-18(23-7-2)17-20-15-11-8-9-12-16(15)21(17)14-10-13-19(3,4)5/h8-13,18H,6-7,14H2,1-5H3/b13-10+. The Morgan fingerprint density at radius 1 is 1.13 bits per heavy atom.